The van der Waals surface area contributed by atoms with Gasteiger partial charge in [0.15, 0.2) is 0 Å². The van der Waals surface area contributed by atoms with E-state index in [1.54, 1.807) is 0 Å². The van der Waals surface area contributed by atoms with Crippen molar-refractivity contribution in [3.8, 4) is 0 Å². The molecule has 0 aromatic heterocycles. The van der Waals surface area contributed by atoms with E-state index in [4.69, 9.17) is 0 Å². The van der Waals surface area contributed by atoms with Crippen LogP contribution in [-0.2, 0) is 10.0 Å². The van der Waals surface area contributed by atoms with E-state index in [1.807, 2.05) is 46.8 Å². The van der Waals surface area contributed by atoms with Crippen LogP contribution in [0.3, 0.4) is 0 Å². The maximum Gasteiger partial charge on any atom is 0.232 e. The SMILES string of the molecule is Cc1cc(NS(=O)(=O)CCC(C)(C)C)cc(C)c1Br. The largest absolute Gasteiger partial charge is 0.284 e. The zero-order valence-electron chi connectivity index (χ0n) is 12.2. The number of hydrogen-bond donors (Lipinski definition) is 1. The summed E-state index contributed by atoms with van der Waals surface area (Å²) in [5.41, 5.74) is 2.69. The first-order valence-electron chi connectivity index (χ1n) is 6.27. The van der Waals surface area contributed by atoms with Crippen LogP contribution in [0.4, 0.5) is 5.69 Å². The lowest BCUT2D eigenvalue weighted by atomic mass is 9.94. The van der Waals surface area contributed by atoms with E-state index in [-0.39, 0.29) is 11.2 Å². The van der Waals surface area contributed by atoms with Gasteiger partial charge in [0.1, 0.15) is 0 Å². The molecule has 5 heteroatoms. The van der Waals surface area contributed by atoms with Gasteiger partial charge >= 0.3 is 0 Å². The summed E-state index contributed by atoms with van der Waals surface area (Å²) in [6.45, 7) is 10.0. The average molecular weight is 348 g/mol. The highest BCUT2D eigenvalue weighted by Crippen LogP contribution is 2.26. The molecule has 3 nitrogen and oxygen atoms in total. The van der Waals surface area contributed by atoms with Gasteiger partial charge in [-0.2, -0.15) is 0 Å². The lowest BCUT2D eigenvalue weighted by Crippen LogP contribution is -2.21. The number of sulfonamides is 1. The van der Waals surface area contributed by atoms with Crippen molar-refractivity contribution < 1.29 is 8.42 Å². The maximum atomic E-state index is 12.0. The summed E-state index contributed by atoms with van der Waals surface area (Å²) in [5, 5.41) is 0. The Balaban J connectivity index is 2.84. The quantitative estimate of drug-likeness (QED) is 0.884. The standard InChI is InChI=1S/C14H22BrNO2S/c1-10-8-12(9-11(2)13(10)15)16-19(17,18)7-6-14(3,4)5/h8-9,16H,6-7H2,1-5H3. The van der Waals surface area contributed by atoms with Gasteiger partial charge in [-0.3, -0.25) is 4.72 Å². The summed E-state index contributed by atoms with van der Waals surface area (Å²) in [5.74, 6) is 0.144. The van der Waals surface area contributed by atoms with E-state index >= 15 is 0 Å². The molecule has 0 spiro atoms. The molecule has 1 rings (SSSR count). The molecule has 0 aliphatic rings. The van der Waals surface area contributed by atoms with Crippen molar-refractivity contribution in [3.63, 3.8) is 0 Å². The number of rotatable bonds is 4. The van der Waals surface area contributed by atoms with Gasteiger partial charge in [0, 0.05) is 10.2 Å². The minimum absolute atomic E-state index is 0.0142. The molecular formula is C14H22BrNO2S. The van der Waals surface area contributed by atoms with Gasteiger partial charge in [0.05, 0.1) is 5.75 Å². The Labute approximate surface area is 125 Å². The van der Waals surface area contributed by atoms with Crippen molar-refractivity contribution in [3.05, 3.63) is 27.7 Å². The molecule has 0 fully saturated rings. The first kappa shape index (κ1) is 16.5. The number of benzene rings is 1. The molecule has 0 aliphatic heterocycles. The molecule has 0 atom stereocenters. The Bertz CT molecular complexity index is 536. The molecule has 0 radical (unpaired) electrons. The van der Waals surface area contributed by atoms with Crippen LogP contribution in [0.25, 0.3) is 0 Å². The second-order valence-electron chi connectivity index (χ2n) is 6.16. The molecule has 1 aromatic rings. The first-order valence-corrected chi connectivity index (χ1v) is 8.72. The van der Waals surface area contributed by atoms with Gasteiger partial charge in [-0.05, 0) is 48.9 Å². The summed E-state index contributed by atoms with van der Waals surface area (Å²) in [4.78, 5) is 0. The predicted molar refractivity (Wildman–Crippen MR) is 85.1 cm³/mol. The molecule has 1 N–H and O–H groups in total. The monoisotopic (exact) mass is 347 g/mol. The Kier molecular flexibility index (Phi) is 5.07. The number of halogens is 1. The minimum Gasteiger partial charge on any atom is -0.284 e. The van der Waals surface area contributed by atoms with Crippen molar-refractivity contribution in [1.82, 2.24) is 0 Å². The molecule has 0 saturated heterocycles. The van der Waals surface area contributed by atoms with Crippen molar-refractivity contribution in [2.24, 2.45) is 5.41 Å². The summed E-state index contributed by atoms with van der Waals surface area (Å²) < 4.78 is 27.7. The van der Waals surface area contributed by atoms with E-state index in [2.05, 4.69) is 20.7 Å². The molecule has 19 heavy (non-hydrogen) atoms. The van der Waals surface area contributed by atoms with Crippen LogP contribution in [0.2, 0.25) is 0 Å². The molecule has 0 heterocycles. The smallest absolute Gasteiger partial charge is 0.232 e. The van der Waals surface area contributed by atoms with Crippen molar-refractivity contribution >= 4 is 31.6 Å². The Morgan fingerprint density at radius 3 is 2.05 bits per heavy atom. The minimum atomic E-state index is -3.28. The van der Waals surface area contributed by atoms with Crippen LogP contribution in [-0.4, -0.2) is 14.2 Å². The van der Waals surface area contributed by atoms with Crippen LogP contribution < -0.4 is 4.72 Å². The second-order valence-corrected chi connectivity index (χ2v) is 8.79. The zero-order valence-corrected chi connectivity index (χ0v) is 14.6. The number of nitrogens with one attached hydrogen (secondary N) is 1. The van der Waals surface area contributed by atoms with E-state index < -0.39 is 10.0 Å². The van der Waals surface area contributed by atoms with Crippen molar-refractivity contribution in [1.29, 1.82) is 0 Å². The third-order valence-corrected chi connectivity index (χ3v) is 5.37. The second kappa shape index (κ2) is 5.83. The predicted octanol–water partition coefficient (Wildman–Crippen LogP) is 4.24. The first-order chi connectivity index (χ1) is 8.50. The van der Waals surface area contributed by atoms with Gasteiger partial charge in [-0.25, -0.2) is 8.42 Å². The van der Waals surface area contributed by atoms with Crippen LogP contribution in [0, 0.1) is 19.3 Å². The highest BCUT2D eigenvalue weighted by Gasteiger charge is 2.17. The van der Waals surface area contributed by atoms with Crippen LogP contribution in [0.1, 0.15) is 38.3 Å². The van der Waals surface area contributed by atoms with Crippen LogP contribution in [0.5, 0.6) is 0 Å². The highest BCUT2D eigenvalue weighted by atomic mass is 79.9. The zero-order chi connectivity index (χ0) is 14.8. The van der Waals surface area contributed by atoms with E-state index in [1.165, 1.54) is 0 Å². The fraction of sp³-hybridized carbons (Fsp3) is 0.571. The fourth-order valence-corrected chi connectivity index (χ4v) is 3.37. The summed E-state index contributed by atoms with van der Waals surface area (Å²) in [7, 11) is -3.28. The topological polar surface area (TPSA) is 46.2 Å². The van der Waals surface area contributed by atoms with Gasteiger partial charge in [0.25, 0.3) is 0 Å². The normalized spacial score (nSPS) is 12.5. The summed E-state index contributed by atoms with van der Waals surface area (Å²) >= 11 is 3.47. The molecule has 1 aromatic carbocycles. The molecule has 0 saturated carbocycles. The average Bonchev–Trinajstić information content (AvgIpc) is 2.22. The Hall–Kier alpha value is -0.550. The van der Waals surface area contributed by atoms with Gasteiger partial charge in [-0.1, -0.05) is 36.7 Å². The lowest BCUT2D eigenvalue weighted by Gasteiger charge is -2.18. The maximum absolute atomic E-state index is 12.0. The Morgan fingerprint density at radius 1 is 1.16 bits per heavy atom. The van der Waals surface area contributed by atoms with Crippen LogP contribution >= 0.6 is 15.9 Å². The van der Waals surface area contributed by atoms with E-state index in [9.17, 15) is 8.42 Å². The number of anilines is 1. The van der Waals surface area contributed by atoms with Gasteiger partial charge < -0.3 is 0 Å². The molecule has 0 aliphatic carbocycles. The Morgan fingerprint density at radius 2 is 1.63 bits per heavy atom. The summed E-state index contributed by atoms with van der Waals surface area (Å²) in [6.07, 6.45) is 0.636. The van der Waals surface area contributed by atoms with Gasteiger partial charge in [-0.15, -0.1) is 0 Å². The summed E-state index contributed by atoms with van der Waals surface area (Å²) in [6, 6.07) is 3.68. The molecule has 0 bridgehead atoms. The number of aryl methyl sites for hydroxylation is 2. The molecule has 0 unspecified atom stereocenters. The van der Waals surface area contributed by atoms with Gasteiger partial charge in [0.2, 0.25) is 10.0 Å². The lowest BCUT2D eigenvalue weighted by molar-refractivity contribution is 0.397. The number of hydrogen-bond acceptors (Lipinski definition) is 2. The molecule has 0 amide bonds. The van der Waals surface area contributed by atoms with E-state index in [0.717, 1.165) is 15.6 Å². The third kappa shape index (κ3) is 5.53. The fourth-order valence-electron chi connectivity index (χ4n) is 1.68. The van der Waals surface area contributed by atoms with Crippen LogP contribution in [0.15, 0.2) is 16.6 Å². The van der Waals surface area contributed by atoms with Crippen molar-refractivity contribution in [2.45, 2.75) is 41.0 Å². The molecular weight excluding hydrogens is 326 g/mol. The third-order valence-electron chi connectivity index (χ3n) is 2.83. The highest BCUT2D eigenvalue weighted by molar-refractivity contribution is 9.10. The molecule has 108 valence electrons. The van der Waals surface area contributed by atoms with E-state index in [0.29, 0.717) is 12.1 Å². The van der Waals surface area contributed by atoms with Crippen molar-refractivity contribution in [2.75, 3.05) is 10.5 Å².